The zero-order valence-electron chi connectivity index (χ0n) is 20.1. The number of aromatic nitrogens is 2. The minimum atomic E-state index is -0.960. The molecule has 38 heavy (non-hydrogen) atoms. The van der Waals surface area contributed by atoms with Gasteiger partial charge >= 0.3 is 5.97 Å². The number of imidazole rings is 1. The lowest BCUT2D eigenvalue weighted by atomic mass is 10.0. The molecule has 1 atom stereocenters. The first-order chi connectivity index (χ1) is 18.4. The fourth-order valence-corrected chi connectivity index (χ4v) is 4.58. The number of allylic oxidation sites excluding steroid dienone is 2. The van der Waals surface area contributed by atoms with Crippen LogP contribution in [-0.4, -0.2) is 32.0 Å². The van der Waals surface area contributed by atoms with Gasteiger partial charge in [-0.15, -0.1) is 0 Å². The van der Waals surface area contributed by atoms with Gasteiger partial charge in [-0.3, -0.25) is 0 Å². The van der Waals surface area contributed by atoms with E-state index in [1.54, 1.807) is 48.7 Å². The standard InChI is InChI=1S/C30H23Cl2N3O3/c31-24-11-12-25(26(32)15-24)27-18-35(17-20-3-8-22(9-4-20)30(37)38)28(34-27)13-5-19-1-6-21(7-2-19)23-10-14-29(36)33-16-23/h1-16,18,29,33,36H,17H2,(H,37,38)/b13-5+. The van der Waals surface area contributed by atoms with Crippen LogP contribution in [0.25, 0.3) is 29.0 Å². The molecular formula is C30H23Cl2N3O3. The van der Waals surface area contributed by atoms with Crippen molar-refractivity contribution in [1.29, 1.82) is 0 Å². The fraction of sp³-hybridized carbons (Fsp3) is 0.0667. The predicted octanol–water partition coefficient (Wildman–Crippen LogP) is 6.59. The second kappa shape index (κ2) is 11.1. The number of carboxylic acid groups (broad SMARTS) is 1. The maximum absolute atomic E-state index is 11.2. The van der Waals surface area contributed by atoms with Crippen LogP contribution in [0.4, 0.5) is 0 Å². The van der Waals surface area contributed by atoms with Gasteiger partial charge in [0.1, 0.15) is 12.1 Å². The Morgan fingerprint density at radius 1 is 1.03 bits per heavy atom. The number of carbonyl (C=O) groups is 1. The summed E-state index contributed by atoms with van der Waals surface area (Å²) in [7, 11) is 0. The highest BCUT2D eigenvalue weighted by molar-refractivity contribution is 6.36. The number of nitrogens with one attached hydrogen (secondary N) is 1. The Balaban J connectivity index is 1.44. The van der Waals surface area contributed by atoms with Crippen LogP contribution in [-0.2, 0) is 6.54 Å². The largest absolute Gasteiger partial charge is 0.478 e. The van der Waals surface area contributed by atoms with Gasteiger partial charge in [-0.2, -0.15) is 0 Å². The monoisotopic (exact) mass is 543 g/mol. The third-order valence-electron chi connectivity index (χ3n) is 6.10. The molecule has 3 aromatic carbocycles. The molecule has 0 spiro atoms. The van der Waals surface area contributed by atoms with Crippen LogP contribution in [0, 0.1) is 0 Å². The van der Waals surface area contributed by atoms with Gasteiger partial charge < -0.3 is 20.1 Å². The van der Waals surface area contributed by atoms with Crippen molar-refractivity contribution in [2.24, 2.45) is 0 Å². The van der Waals surface area contributed by atoms with Gasteiger partial charge in [0, 0.05) is 29.5 Å². The molecule has 1 aliphatic rings. The molecule has 8 heteroatoms. The topological polar surface area (TPSA) is 87.4 Å². The quantitative estimate of drug-likeness (QED) is 0.244. The average Bonchev–Trinajstić information content (AvgIpc) is 3.30. The van der Waals surface area contributed by atoms with Gasteiger partial charge in [-0.25, -0.2) is 9.78 Å². The number of benzene rings is 3. The molecule has 0 saturated carbocycles. The molecule has 0 bridgehead atoms. The van der Waals surface area contributed by atoms with E-state index in [2.05, 4.69) is 5.32 Å². The van der Waals surface area contributed by atoms with E-state index in [1.165, 1.54) is 0 Å². The van der Waals surface area contributed by atoms with Crippen molar-refractivity contribution in [2.75, 3.05) is 0 Å². The highest BCUT2D eigenvalue weighted by Gasteiger charge is 2.13. The SMILES string of the molecule is O=C(O)c1ccc(Cn2cc(-c3ccc(Cl)cc3Cl)nc2/C=C/c2ccc(C3=CNC(O)C=C3)cc2)cc1. The molecular weight excluding hydrogens is 521 g/mol. The van der Waals surface area contributed by atoms with Gasteiger partial charge in [0.05, 0.1) is 16.3 Å². The third kappa shape index (κ3) is 5.89. The molecule has 0 amide bonds. The van der Waals surface area contributed by atoms with E-state index in [-0.39, 0.29) is 5.56 Å². The summed E-state index contributed by atoms with van der Waals surface area (Å²) in [5.74, 6) is -0.244. The maximum atomic E-state index is 11.2. The number of nitrogens with zero attached hydrogens (tertiary/aromatic N) is 2. The van der Waals surface area contributed by atoms with Crippen molar-refractivity contribution in [3.8, 4) is 11.3 Å². The number of aliphatic hydroxyl groups excluding tert-OH is 1. The molecule has 4 aromatic rings. The predicted molar refractivity (Wildman–Crippen MR) is 152 cm³/mol. The van der Waals surface area contributed by atoms with Crippen LogP contribution < -0.4 is 5.32 Å². The third-order valence-corrected chi connectivity index (χ3v) is 6.65. The lowest BCUT2D eigenvalue weighted by molar-refractivity contribution is 0.0697. The zero-order chi connectivity index (χ0) is 26.6. The first-order valence-electron chi connectivity index (χ1n) is 11.8. The van der Waals surface area contributed by atoms with Crippen LogP contribution in [0.2, 0.25) is 10.0 Å². The van der Waals surface area contributed by atoms with Crippen molar-refractivity contribution >= 4 is 46.9 Å². The first kappa shape index (κ1) is 25.5. The molecule has 0 aliphatic carbocycles. The molecule has 0 saturated heterocycles. The minimum absolute atomic E-state index is 0.239. The molecule has 2 heterocycles. The summed E-state index contributed by atoms with van der Waals surface area (Å²) in [6.45, 7) is 0.496. The van der Waals surface area contributed by atoms with Crippen molar-refractivity contribution in [2.45, 2.75) is 12.8 Å². The van der Waals surface area contributed by atoms with E-state index in [9.17, 15) is 15.0 Å². The summed E-state index contributed by atoms with van der Waals surface area (Å²) in [4.78, 5) is 16.0. The highest BCUT2D eigenvalue weighted by Crippen LogP contribution is 2.30. The molecule has 0 radical (unpaired) electrons. The summed E-state index contributed by atoms with van der Waals surface area (Å²) >= 11 is 12.5. The minimum Gasteiger partial charge on any atom is -0.478 e. The lowest BCUT2D eigenvalue weighted by Crippen LogP contribution is -2.23. The smallest absolute Gasteiger partial charge is 0.335 e. The molecule has 3 N–H and O–H groups in total. The number of aromatic carboxylic acids is 1. The highest BCUT2D eigenvalue weighted by atomic mass is 35.5. The first-order valence-corrected chi connectivity index (χ1v) is 12.6. The molecule has 1 aromatic heterocycles. The van der Waals surface area contributed by atoms with Gasteiger partial charge in [0.15, 0.2) is 0 Å². The van der Waals surface area contributed by atoms with E-state index in [4.69, 9.17) is 28.2 Å². The van der Waals surface area contributed by atoms with Gasteiger partial charge in [0.25, 0.3) is 0 Å². The Hall–Kier alpha value is -4.10. The molecule has 190 valence electrons. The number of aliphatic hydroxyl groups is 1. The second-order valence-corrected chi connectivity index (χ2v) is 9.61. The Bertz CT molecular complexity index is 1570. The number of hydrogen-bond donors (Lipinski definition) is 3. The van der Waals surface area contributed by atoms with E-state index >= 15 is 0 Å². The summed E-state index contributed by atoms with van der Waals surface area (Å²) in [5.41, 5.74) is 5.66. The van der Waals surface area contributed by atoms with Crippen LogP contribution in [0.5, 0.6) is 0 Å². The number of dihydropyridines is 1. The van der Waals surface area contributed by atoms with E-state index in [0.29, 0.717) is 28.1 Å². The van der Waals surface area contributed by atoms with E-state index in [1.807, 2.05) is 59.3 Å². The van der Waals surface area contributed by atoms with Gasteiger partial charge in [0.2, 0.25) is 0 Å². The fourth-order valence-electron chi connectivity index (χ4n) is 4.08. The summed E-state index contributed by atoms with van der Waals surface area (Å²) in [6, 6.07) is 20.2. The van der Waals surface area contributed by atoms with Crippen LogP contribution in [0.3, 0.4) is 0 Å². The second-order valence-electron chi connectivity index (χ2n) is 8.76. The summed E-state index contributed by atoms with van der Waals surface area (Å²) in [6.07, 6.45) is 10.6. The Kier molecular flexibility index (Phi) is 7.47. The van der Waals surface area contributed by atoms with Crippen LogP contribution in [0.1, 0.15) is 32.9 Å². The average molecular weight is 544 g/mol. The maximum Gasteiger partial charge on any atom is 0.335 e. The van der Waals surface area contributed by atoms with Crippen molar-refractivity contribution < 1.29 is 15.0 Å². The Labute approximate surface area is 229 Å². The zero-order valence-corrected chi connectivity index (χ0v) is 21.6. The van der Waals surface area contributed by atoms with Crippen LogP contribution in [0.15, 0.2) is 91.3 Å². The van der Waals surface area contributed by atoms with Gasteiger partial charge in [-0.1, -0.05) is 71.8 Å². The lowest BCUT2D eigenvalue weighted by Gasteiger charge is -2.13. The number of carboxylic acids is 1. The Morgan fingerprint density at radius 3 is 2.45 bits per heavy atom. The van der Waals surface area contributed by atoms with Gasteiger partial charge in [-0.05, 0) is 64.7 Å². The van der Waals surface area contributed by atoms with Crippen molar-refractivity contribution in [1.82, 2.24) is 14.9 Å². The number of rotatable bonds is 7. The summed E-state index contributed by atoms with van der Waals surface area (Å²) in [5, 5.41) is 22.7. The molecule has 1 unspecified atom stereocenters. The normalized spacial score (nSPS) is 14.9. The van der Waals surface area contributed by atoms with Crippen molar-refractivity contribution in [3.63, 3.8) is 0 Å². The van der Waals surface area contributed by atoms with E-state index in [0.717, 1.165) is 27.8 Å². The molecule has 0 fully saturated rings. The Morgan fingerprint density at radius 2 is 1.79 bits per heavy atom. The molecule has 5 rings (SSSR count). The summed E-state index contributed by atoms with van der Waals surface area (Å²) < 4.78 is 2.00. The van der Waals surface area contributed by atoms with E-state index < -0.39 is 12.2 Å². The molecule has 6 nitrogen and oxygen atoms in total. The molecule has 1 aliphatic heterocycles. The van der Waals surface area contributed by atoms with Crippen LogP contribution >= 0.6 is 23.2 Å². The van der Waals surface area contributed by atoms with Crippen molar-refractivity contribution in [3.05, 3.63) is 129 Å². The number of halogens is 2. The number of hydrogen-bond acceptors (Lipinski definition) is 4.